The molecule has 118 valence electrons. The maximum Gasteiger partial charge on any atom is 0.405 e. The average Bonchev–Trinajstić information content (AvgIpc) is 2.85. The Labute approximate surface area is 120 Å². The molecular formula is C12H18F3N5O. The Morgan fingerprint density at radius 1 is 1.48 bits per heavy atom. The van der Waals surface area contributed by atoms with E-state index in [4.69, 9.17) is 0 Å². The first-order valence-corrected chi connectivity index (χ1v) is 6.69. The largest absolute Gasteiger partial charge is 0.405 e. The van der Waals surface area contributed by atoms with Gasteiger partial charge < -0.3 is 10.6 Å². The first-order chi connectivity index (χ1) is 9.88. The van der Waals surface area contributed by atoms with Crippen LogP contribution in [0.15, 0.2) is 6.07 Å². The van der Waals surface area contributed by atoms with Crippen molar-refractivity contribution >= 4 is 5.91 Å². The number of H-pyrrole nitrogens is 1. The number of hydrogen-bond donors (Lipinski definition) is 3. The van der Waals surface area contributed by atoms with Crippen LogP contribution in [0.2, 0.25) is 0 Å². The van der Waals surface area contributed by atoms with Crippen LogP contribution in [0.5, 0.6) is 0 Å². The van der Waals surface area contributed by atoms with Crippen LogP contribution in [0.1, 0.15) is 16.2 Å². The lowest BCUT2D eigenvalue weighted by molar-refractivity contribution is -0.183. The third kappa shape index (κ3) is 4.18. The molecular weight excluding hydrogens is 287 g/mol. The minimum Gasteiger partial charge on any atom is -0.349 e. The van der Waals surface area contributed by atoms with Crippen molar-refractivity contribution in [2.45, 2.75) is 19.1 Å². The van der Waals surface area contributed by atoms with Gasteiger partial charge in [-0.1, -0.05) is 0 Å². The first-order valence-electron chi connectivity index (χ1n) is 6.69. The van der Waals surface area contributed by atoms with Crippen molar-refractivity contribution in [2.75, 3.05) is 32.7 Å². The van der Waals surface area contributed by atoms with Gasteiger partial charge in [-0.25, -0.2) is 0 Å². The number of aromatic nitrogens is 2. The lowest BCUT2D eigenvalue weighted by atomic mass is 10.2. The summed E-state index contributed by atoms with van der Waals surface area (Å²) >= 11 is 0. The number of aryl methyl sites for hydroxylation is 1. The van der Waals surface area contributed by atoms with E-state index in [2.05, 4.69) is 20.8 Å². The number of halogens is 3. The molecule has 21 heavy (non-hydrogen) atoms. The molecule has 0 saturated carbocycles. The van der Waals surface area contributed by atoms with Crippen LogP contribution in [-0.4, -0.2) is 65.9 Å². The Hall–Kier alpha value is -1.61. The van der Waals surface area contributed by atoms with Gasteiger partial charge in [0, 0.05) is 38.4 Å². The number of alkyl halides is 3. The Morgan fingerprint density at radius 2 is 2.14 bits per heavy atom. The van der Waals surface area contributed by atoms with Crippen LogP contribution < -0.4 is 10.6 Å². The van der Waals surface area contributed by atoms with E-state index in [1.165, 1.54) is 11.0 Å². The Kier molecular flexibility index (Phi) is 4.84. The Balaban J connectivity index is 1.97. The molecule has 1 aromatic heterocycles. The summed E-state index contributed by atoms with van der Waals surface area (Å²) in [5.41, 5.74) is 0.767. The molecule has 0 spiro atoms. The third-order valence-electron chi connectivity index (χ3n) is 3.36. The van der Waals surface area contributed by atoms with Gasteiger partial charge in [0.25, 0.3) is 5.91 Å². The normalized spacial score (nSPS) is 18.5. The molecule has 1 amide bonds. The number of amides is 1. The summed E-state index contributed by atoms with van der Waals surface area (Å²) in [5, 5.41) is 11.6. The van der Waals surface area contributed by atoms with Gasteiger partial charge in [-0.05, 0) is 13.0 Å². The number of carbonyl (C=O) groups is 1. The van der Waals surface area contributed by atoms with E-state index >= 15 is 0 Å². The third-order valence-corrected chi connectivity index (χ3v) is 3.36. The summed E-state index contributed by atoms with van der Waals surface area (Å²) in [5.74, 6) is -0.608. The molecule has 1 aliphatic heterocycles. The van der Waals surface area contributed by atoms with Gasteiger partial charge >= 0.3 is 6.18 Å². The van der Waals surface area contributed by atoms with E-state index in [1.54, 1.807) is 6.92 Å². The smallest absolute Gasteiger partial charge is 0.349 e. The summed E-state index contributed by atoms with van der Waals surface area (Å²) in [6.07, 6.45) is -4.38. The van der Waals surface area contributed by atoms with Gasteiger partial charge in [0.2, 0.25) is 0 Å². The maximum absolute atomic E-state index is 13.1. The lowest BCUT2D eigenvalue weighted by Crippen LogP contribution is -2.57. The van der Waals surface area contributed by atoms with Crippen LogP contribution in [0.4, 0.5) is 13.2 Å². The molecule has 1 aromatic rings. The quantitative estimate of drug-likeness (QED) is 0.747. The van der Waals surface area contributed by atoms with Crippen LogP contribution in [0, 0.1) is 6.92 Å². The molecule has 1 aliphatic rings. The van der Waals surface area contributed by atoms with Crippen molar-refractivity contribution in [1.82, 2.24) is 25.7 Å². The molecule has 1 unspecified atom stereocenters. The molecule has 6 nitrogen and oxygen atoms in total. The minimum atomic E-state index is -4.38. The Bertz CT molecular complexity index is 481. The molecule has 3 N–H and O–H groups in total. The molecule has 0 aromatic carbocycles. The van der Waals surface area contributed by atoms with Crippen molar-refractivity contribution < 1.29 is 18.0 Å². The molecule has 1 saturated heterocycles. The van der Waals surface area contributed by atoms with Crippen molar-refractivity contribution in [1.29, 1.82) is 0 Å². The zero-order valence-electron chi connectivity index (χ0n) is 11.6. The predicted octanol–water partition coefficient (Wildman–Crippen LogP) is 0.284. The average molecular weight is 305 g/mol. The second-order valence-electron chi connectivity index (χ2n) is 4.99. The van der Waals surface area contributed by atoms with E-state index < -0.39 is 24.7 Å². The summed E-state index contributed by atoms with van der Waals surface area (Å²) in [4.78, 5) is 13.1. The second kappa shape index (κ2) is 6.44. The molecule has 0 bridgehead atoms. The molecule has 2 rings (SSSR count). The zero-order valence-corrected chi connectivity index (χ0v) is 11.6. The van der Waals surface area contributed by atoms with Crippen LogP contribution in [0.3, 0.4) is 0 Å². The molecule has 9 heteroatoms. The fourth-order valence-corrected chi connectivity index (χ4v) is 2.26. The molecule has 0 aliphatic carbocycles. The number of aromatic amines is 1. The number of piperazine rings is 1. The fourth-order valence-electron chi connectivity index (χ4n) is 2.26. The number of rotatable bonds is 4. The molecule has 1 atom stereocenters. The fraction of sp³-hybridized carbons (Fsp3) is 0.667. The summed E-state index contributed by atoms with van der Waals surface area (Å²) in [6, 6.07) is -0.188. The van der Waals surface area contributed by atoms with E-state index in [1.807, 2.05) is 0 Å². The van der Waals surface area contributed by atoms with Gasteiger partial charge in [-0.2, -0.15) is 18.3 Å². The SMILES string of the molecule is Cc1cc(C(=O)NCC(N2CCNCC2)C(F)(F)F)n[nH]1. The standard InChI is InChI=1S/C12H18F3N5O/c1-8-6-9(19-18-8)11(21)17-7-10(12(13,14)15)20-4-2-16-3-5-20/h6,10,16H,2-5,7H2,1H3,(H,17,21)(H,18,19). The van der Waals surface area contributed by atoms with Gasteiger partial charge in [-0.15, -0.1) is 0 Å². The van der Waals surface area contributed by atoms with Crippen molar-refractivity contribution in [2.24, 2.45) is 0 Å². The minimum absolute atomic E-state index is 0.0914. The number of carbonyl (C=O) groups excluding carboxylic acids is 1. The lowest BCUT2D eigenvalue weighted by Gasteiger charge is -2.35. The van der Waals surface area contributed by atoms with E-state index in [9.17, 15) is 18.0 Å². The second-order valence-corrected chi connectivity index (χ2v) is 4.99. The highest BCUT2D eigenvalue weighted by Gasteiger charge is 2.43. The van der Waals surface area contributed by atoms with Gasteiger partial charge in [0.1, 0.15) is 11.7 Å². The molecule has 0 radical (unpaired) electrons. The van der Waals surface area contributed by atoms with Crippen LogP contribution in [-0.2, 0) is 0 Å². The summed E-state index contributed by atoms with van der Waals surface area (Å²) < 4.78 is 39.4. The van der Waals surface area contributed by atoms with Gasteiger partial charge in [-0.3, -0.25) is 14.8 Å². The number of hydrogen-bond acceptors (Lipinski definition) is 4. The van der Waals surface area contributed by atoms with Crippen molar-refractivity contribution in [3.63, 3.8) is 0 Å². The highest BCUT2D eigenvalue weighted by atomic mass is 19.4. The maximum atomic E-state index is 13.1. The first kappa shape index (κ1) is 15.8. The highest BCUT2D eigenvalue weighted by Crippen LogP contribution is 2.24. The number of nitrogens with one attached hydrogen (secondary N) is 3. The Morgan fingerprint density at radius 3 is 2.67 bits per heavy atom. The molecule has 1 fully saturated rings. The van der Waals surface area contributed by atoms with E-state index in [-0.39, 0.29) is 5.69 Å². The zero-order chi connectivity index (χ0) is 15.5. The van der Waals surface area contributed by atoms with Crippen LogP contribution in [0.25, 0.3) is 0 Å². The van der Waals surface area contributed by atoms with Gasteiger partial charge in [0.15, 0.2) is 0 Å². The van der Waals surface area contributed by atoms with E-state index in [0.29, 0.717) is 31.9 Å². The monoisotopic (exact) mass is 305 g/mol. The summed E-state index contributed by atoms with van der Waals surface area (Å²) in [7, 11) is 0. The summed E-state index contributed by atoms with van der Waals surface area (Å²) in [6.45, 7) is 2.87. The van der Waals surface area contributed by atoms with Crippen molar-refractivity contribution in [3.8, 4) is 0 Å². The predicted molar refractivity (Wildman–Crippen MR) is 69.9 cm³/mol. The van der Waals surface area contributed by atoms with E-state index in [0.717, 1.165) is 0 Å². The number of nitrogens with zero attached hydrogens (tertiary/aromatic N) is 2. The highest BCUT2D eigenvalue weighted by molar-refractivity contribution is 5.92. The van der Waals surface area contributed by atoms with Crippen LogP contribution >= 0.6 is 0 Å². The van der Waals surface area contributed by atoms with Gasteiger partial charge in [0.05, 0.1) is 0 Å². The molecule has 2 heterocycles. The van der Waals surface area contributed by atoms with Crippen molar-refractivity contribution in [3.05, 3.63) is 17.5 Å². The topological polar surface area (TPSA) is 73.1 Å².